The number of carbonyl (C=O) groups is 2. The molecule has 0 atom stereocenters. The van der Waals surface area contributed by atoms with Gasteiger partial charge < -0.3 is 19.3 Å². The lowest BCUT2D eigenvalue weighted by molar-refractivity contribution is 0.0140. The number of nitrogens with zero attached hydrogens (tertiary/aromatic N) is 3. The Morgan fingerprint density at radius 2 is 1.80 bits per heavy atom. The molecule has 1 aliphatic rings. The highest BCUT2D eigenvalue weighted by Gasteiger charge is 2.29. The minimum Gasteiger partial charge on any atom is -0.444 e. The summed E-state index contributed by atoms with van der Waals surface area (Å²) in [5.41, 5.74) is -0.116. The number of pyridine rings is 1. The number of methoxy groups -OCH3 is 1. The van der Waals surface area contributed by atoms with Crippen molar-refractivity contribution in [1.29, 1.82) is 0 Å². The van der Waals surface area contributed by atoms with Crippen LogP contribution in [0.15, 0.2) is 12.3 Å². The molecule has 1 aromatic heterocycles. The number of rotatable bonds is 3. The SMILES string of the molecule is COCc1cc(C(=O)N2CCN(C(=O)OC(C)(C)C)CC2)c(F)cn1. The molecular weight excluding hydrogens is 329 g/mol. The second kappa shape index (κ2) is 7.77. The van der Waals surface area contributed by atoms with Crippen molar-refractivity contribution < 1.29 is 23.5 Å². The van der Waals surface area contributed by atoms with Gasteiger partial charge in [0.15, 0.2) is 5.82 Å². The van der Waals surface area contributed by atoms with Crippen molar-refractivity contribution in [2.75, 3.05) is 33.3 Å². The molecule has 0 radical (unpaired) electrons. The van der Waals surface area contributed by atoms with Gasteiger partial charge in [-0.25, -0.2) is 9.18 Å². The highest BCUT2D eigenvalue weighted by Crippen LogP contribution is 2.16. The van der Waals surface area contributed by atoms with Crippen molar-refractivity contribution in [2.24, 2.45) is 0 Å². The van der Waals surface area contributed by atoms with Crippen LogP contribution in [0.3, 0.4) is 0 Å². The summed E-state index contributed by atoms with van der Waals surface area (Å²) < 4.78 is 24.3. The van der Waals surface area contributed by atoms with Gasteiger partial charge in [0.05, 0.1) is 24.1 Å². The molecule has 0 saturated carbocycles. The van der Waals surface area contributed by atoms with Crippen LogP contribution in [0.25, 0.3) is 0 Å². The van der Waals surface area contributed by atoms with Crippen molar-refractivity contribution in [3.05, 3.63) is 29.3 Å². The predicted octanol–water partition coefficient (Wildman–Crippen LogP) is 2.06. The Morgan fingerprint density at radius 1 is 1.20 bits per heavy atom. The molecule has 138 valence electrons. The van der Waals surface area contributed by atoms with E-state index in [0.29, 0.717) is 31.9 Å². The number of halogens is 1. The predicted molar refractivity (Wildman–Crippen MR) is 88.6 cm³/mol. The maximum Gasteiger partial charge on any atom is 0.410 e. The van der Waals surface area contributed by atoms with Crippen LogP contribution in [0, 0.1) is 5.82 Å². The largest absolute Gasteiger partial charge is 0.444 e. The lowest BCUT2D eigenvalue weighted by atomic mass is 10.1. The Kier molecular flexibility index (Phi) is 5.94. The minimum atomic E-state index is -0.667. The van der Waals surface area contributed by atoms with Crippen molar-refractivity contribution in [1.82, 2.24) is 14.8 Å². The summed E-state index contributed by atoms with van der Waals surface area (Å²) in [4.78, 5) is 31.6. The van der Waals surface area contributed by atoms with Crippen molar-refractivity contribution in [2.45, 2.75) is 33.0 Å². The normalized spacial score (nSPS) is 15.2. The molecule has 1 aliphatic heterocycles. The molecular formula is C17H24FN3O4. The lowest BCUT2D eigenvalue weighted by Crippen LogP contribution is -2.51. The van der Waals surface area contributed by atoms with Gasteiger partial charge in [0, 0.05) is 33.3 Å². The van der Waals surface area contributed by atoms with Gasteiger partial charge in [-0.15, -0.1) is 0 Å². The van der Waals surface area contributed by atoms with Crippen LogP contribution in [0.4, 0.5) is 9.18 Å². The van der Waals surface area contributed by atoms with Gasteiger partial charge in [-0.2, -0.15) is 0 Å². The minimum absolute atomic E-state index is 0.0345. The second-order valence-electron chi connectivity index (χ2n) is 6.85. The van der Waals surface area contributed by atoms with Crippen LogP contribution in [-0.4, -0.2) is 65.7 Å². The van der Waals surface area contributed by atoms with Gasteiger partial charge in [0.25, 0.3) is 5.91 Å². The molecule has 0 spiro atoms. The van der Waals surface area contributed by atoms with Gasteiger partial charge in [-0.3, -0.25) is 9.78 Å². The molecule has 0 unspecified atom stereocenters. The van der Waals surface area contributed by atoms with Crippen LogP contribution >= 0.6 is 0 Å². The summed E-state index contributed by atoms with van der Waals surface area (Å²) in [6, 6.07) is 1.40. The second-order valence-corrected chi connectivity index (χ2v) is 6.85. The topological polar surface area (TPSA) is 72.0 Å². The first-order valence-electron chi connectivity index (χ1n) is 8.12. The third kappa shape index (κ3) is 5.12. The number of amides is 2. The van der Waals surface area contributed by atoms with Crippen LogP contribution in [0.1, 0.15) is 36.8 Å². The van der Waals surface area contributed by atoms with Crippen molar-refractivity contribution >= 4 is 12.0 Å². The van der Waals surface area contributed by atoms with Gasteiger partial charge in [0.2, 0.25) is 0 Å². The zero-order valence-corrected chi connectivity index (χ0v) is 15.0. The number of piperazine rings is 1. The fraction of sp³-hybridized carbons (Fsp3) is 0.588. The molecule has 2 amide bonds. The summed E-state index contributed by atoms with van der Waals surface area (Å²) >= 11 is 0. The molecule has 2 rings (SSSR count). The molecule has 25 heavy (non-hydrogen) atoms. The van der Waals surface area contributed by atoms with E-state index >= 15 is 0 Å². The Balaban J connectivity index is 2.00. The van der Waals surface area contributed by atoms with E-state index in [1.807, 2.05) is 0 Å². The summed E-state index contributed by atoms with van der Waals surface area (Å²) in [6.45, 7) is 6.93. The smallest absolute Gasteiger partial charge is 0.410 e. The van der Waals surface area contributed by atoms with Gasteiger partial charge in [-0.05, 0) is 26.8 Å². The summed E-state index contributed by atoms with van der Waals surface area (Å²) in [5.74, 6) is -1.08. The van der Waals surface area contributed by atoms with E-state index < -0.39 is 23.4 Å². The zero-order valence-electron chi connectivity index (χ0n) is 15.0. The number of carbonyl (C=O) groups excluding carboxylic acids is 2. The Bertz CT molecular complexity index is 637. The molecule has 2 heterocycles. The maximum absolute atomic E-state index is 14.0. The third-order valence-electron chi connectivity index (χ3n) is 3.65. The quantitative estimate of drug-likeness (QED) is 0.832. The molecule has 8 heteroatoms. The maximum atomic E-state index is 14.0. The Labute approximate surface area is 146 Å². The molecule has 1 aromatic rings. The van der Waals surface area contributed by atoms with Gasteiger partial charge in [0.1, 0.15) is 5.60 Å². The average Bonchev–Trinajstić information content (AvgIpc) is 2.55. The summed E-state index contributed by atoms with van der Waals surface area (Å²) in [5, 5.41) is 0. The van der Waals surface area contributed by atoms with E-state index in [1.54, 1.807) is 25.7 Å². The van der Waals surface area contributed by atoms with Crippen molar-refractivity contribution in [3.63, 3.8) is 0 Å². The highest BCUT2D eigenvalue weighted by molar-refractivity contribution is 5.94. The van der Waals surface area contributed by atoms with E-state index in [0.717, 1.165) is 6.20 Å². The summed E-state index contributed by atoms with van der Waals surface area (Å²) in [7, 11) is 1.50. The van der Waals surface area contributed by atoms with E-state index in [4.69, 9.17) is 9.47 Å². The zero-order chi connectivity index (χ0) is 18.6. The molecule has 1 fully saturated rings. The monoisotopic (exact) mass is 353 g/mol. The molecule has 0 N–H and O–H groups in total. The van der Waals surface area contributed by atoms with Crippen LogP contribution < -0.4 is 0 Å². The lowest BCUT2D eigenvalue weighted by Gasteiger charge is -2.35. The summed E-state index contributed by atoms with van der Waals surface area (Å²) in [6.07, 6.45) is 0.621. The average molecular weight is 353 g/mol. The van der Waals surface area contributed by atoms with Gasteiger partial charge >= 0.3 is 6.09 Å². The van der Waals surface area contributed by atoms with Crippen LogP contribution in [0.2, 0.25) is 0 Å². The number of hydrogen-bond donors (Lipinski definition) is 0. The fourth-order valence-electron chi connectivity index (χ4n) is 2.46. The van der Waals surface area contributed by atoms with Crippen molar-refractivity contribution in [3.8, 4) is 0 Å². The standard InChI is InChI=1S/C17H24FN3O4/c1-17(2,3)25-16(23)21-7-5-20(6-8-21)15(22)13-9-12(11-24-4)19-10-14(13)18/h9-10H,5-8,11H2,1-4H3. The fourth-order valence-corrected chi connectivity index (χ4v) is 2.46. The number of hydrogen-bond acceptors (Lipinski definition) is 5. The number of aromatic nitrogens is 1. The Morgan fingerprint density at radius 3 is 2.36 bits per heavy atom. The van der Waals surface area contributed by atoms with E-state index in [2.05, 4.69) is 4.98 Å². The first-order chi connectivity index (χ1) is 11.7. The van der Waals surface area contributed by atoms with E-state index in [1.165, 1.54) is 18.1 Å². The number of ether oxygens (including phenoxy) is 2. The molecule has 0 aliphatic carbocycles. The van der Waals surface area contributed by atoms with E-state index in [9.17, 15) is 14.0 Å². The third-order valence-corrected chi connectivity index (χ3v) is 3.65. The molecule has 0 bridgehead atoms. The molecule has 7 nitrogen and oxygen atoms in total. The van der Waals surface area contributed by atoms with Crippen LogP contribution in [0.5, 0.6) is 0 Å². The molecule has 1 saturated heterocycles. The van der Waals surface area contributed by atoms with Crippen LogP contribution in [-0.2, 0) is 16.1 Å². The Hall–Kier alpha value is -2.22. The molecule has 0 aromatic carbocycles. The van der Waals surface area contributed by atoms with Gasteiger partial charge in [-0.1, -0.05) is 0 Å². The first kappa shape index (κ1) is 19.1. The highest BCUT2D eigenvalue weighted by atomic mass is 19.1. The first-order valence-corrected chi connectivity index (χ1v) is 8.12. The van der Waals surface area contributed by atoms with E-state index in [-0.39, 0.29) is 12.2 Å².